The smallest absolute Gasteiger partial charge is 0.324 e. The van der Waals surface area contributed by atoms with E-state index in [1.165, 1.54) is 35.6 Å². The maximum absolute atomic E-state index is 12.2. The predicted molar refractivity (Wildman–Crippen MR) is 94.8 cm³/mol. The van der Waals surface area contributed by atoms with Gasteiger partial charge in [0.05, 0.1) is 15.9 Å². The molecule has 2 aromatic carbocycles. The van der Waals surface area contributed by atoms with Crippen molar-refractivity contribution in [2.24, 2.45) is 0 Å². The van der Waals surface area contributed by atoms with Gasteiger partial charge in [-0.25, -0.2) is 4.98 Å². The van der Waals surface area contributed by atoms with Crippen LogP contribution in [-0.2, 0) is 10.7 Å². The fourth-order valence-electron chi connectivity index (χ4n) is 2.14. The summed E-state index contributed by atoms with van der Waals surface area (Å²) in [6.07, 6.45) is -0.356. The Hall–Kier alpha value is -1.76. The number of hydrogen-bond donors (Lipinski definition) is 3. The van der Waals surface area contributed by atoms with E-state index in [4.69, 9.17) is 21.4 Å². The van der Waals surface area contributed by atoms with Gasteiger partial charge in [-0.15, -0.1) is 0 Å². The van der Waals surface area contributed by atoms with Crippen molar-refractivity contribution >= 4 is 51.8 Å². The molecule has 0 atom stereocenters. The lowest BCUT2D eigenvalue weighted by atomic mass is 10.1. The average Bonchev–Trinajstić information content (AvgIpc) is 2.90. The minimum atomic E-state index is -4.12. The Bertz CT molecular complexity index is 952. The van der Waals surface area contributed by atoms with Gasteiger partial charge < -0.3 is 9.79 Å². The number of benzene rings is 2. The largest absolute Gasteiger partial charge is 0.329 e. The lowest BCUT2D eigenvalue weighted by Crippen LogP contribution is -2.11. The third-order valence-electron chi connectivity index (χ3n) is 3.19. The Kier molecular flexibility index (Phi) is 4.71. The van der Waals surface area contributed by atoms with Gasteiger partial charge in [-0.05, 0) is 29.8 Å². The van der Waals surface area contributed by atoms with E-state index in [-0.39, 0.29) is 12.1 Å². The van der Waals surface area contributed by atoms with E-state index in [0.717, 1.165) is 4.70 Å². The molecular weight excluding hydrogens is 371 g/mol. The molecule has 0 radical (unpaired) electrons. The van der Waals surface area contributed by atoms with Gasteiger partial charge in [0.2, 0.25) is 0 Å². The van der Waals surface area contributed by atoms with Crippen molar-refractivity contribution in [3.8, 4) is 0 Å². The van der Waals surface area contributed by atoms with Crippen molar-refractivity contribution in [1.29, 1.82) is 0 Å². The van der Waals surface area contributed by atoms with Crippen LogP contribution >= 0.6 is 30.5 Å². The number of halogens is 1. The Balaban J connectivity index is 1.76. The lowest BCUT2D eigenvalue weighted by Gasteiger charge is -2.05. The highest BCUT2D eigenvalue weighted by Gasteiger charge is 2.15. The molecule has 9 heteroatoms. The third-order valence-corrected chi connectivity index (χ3v) is 5.21. The first-order chi connectivity index (χ1) is 11.3. The molecular formula is C15H12ClN2O4PS. The predicted octanol–water partition coefficient (Wildman–Crippen LogP) is 3.88. The van der Waals surface area contributed by atoms with E-state index >= 15 is 0 Å². The number of thiazole rings is 1. The summed E-state index contributed by atoms with van der Waals surface area (Å²) in [5, 5.41) is 3.65. The molecule has 1 amide bonds. The first-order valence-electron chi connectivity index (χ1n) is 6.82. The second-order valence-electron chi connectivity index (χ2n) is 5.08. The van der Waals surface area contributed by atoms with Crippen LogP contribution in [0.15, 0.2) is 42.5 Å². The molecule has 1 heterocycles. The van der Waals surface area contributed by atoms with Crippen LogP contribution in [0.4, 0.5) is 5.13 Å². The fourth-order valence-corrected chi connectivity index (χ4v) is 3.98. The SMILES string of the molecule is O=C(Nc1nc2c(Cl)cccc2s1)c1ccc(CP(=O)(O)O)cc1. The van der Waals surface area contributed by atoms with Crippen LogP contribution in [0.3, 0.4) is 0 Å². The number of carbonyl (C=O) groups is 1. The van der Waals surface area contributed by atoms with E-state index in [0.29, 0.717) is 26.8 Å². The van der Waals surface area contributed by atoms with E-state index < -0.39 is 7.60 Å². The molecule has 0 fully saturated rings. The van der Waals surface area contributed by atoms with Gasteiger partial charge in [-0.3, -0.25) is 14.7 Å². The van der Waals surface area contributed by atoms with E-state index in [1.807, 2.05) is 12.1 Å². The monoisotopic (exact) mass is 382 g/mol. The third kappa shape index (κ3) is 4.01. The Morgan fingerprint density at radius 1 is 1.21 bits per heavy atom. The first-order valence-corrected chi connectivity index (χ1v) is 9.81. The molecule has 0 spiro atoms. The Morgan fingerprint density at radius 3 is 2.54 bits per heavy atom. The zero-order chi connectivity index (χ0) is 17.3. The second-order valence-corrected chi connectivity index (χ2v) is 8.16. The maximum atomic E-state index is 12.2. The number of carbonyl (C=O) groups excluding carboxylic acids is 1. The zero-order valence-corrected chi connectivity index (χ0v) is 14.6. The van der Waals surface area contributed by atoms with Crippen LogP contribution in [0.2, 0.25) is 5.02 Å². The van der Waals surface area contributed by atoms with Gasteiger partial charge in [-0.1, -0.05) is 41.1 Å². The summed E-state index contributed by atoms with van der Waals surface area (Å²) in [4.78, 5) is 34.4. The van der Waals surface area contributed by atoms with Crippen LogP contribution < -0.4 is 5.32 Å². The van der Waals surface area contributed by atoms with Gasteiger partial charge in [0.25, 0.3) is 5.91 Å². The topological polar surface area (TPSA) is 99.5 Å². The molecule has 3 N–H and O–H groups in total. The van der Waals surface area contributed by atoms with Crippen molar-refractivity contribution in [1.82, 2.24) is 4.98 Å². The van der Waals surface area contributed by atoms with Crippen molar-refractivity contribution in [2.75, 3.05) is 5.32 Å². The van der Waals surface area contributed by atoms with Gasteiger partial charge >= 0.3 is 7.60 Å². The molecule has 6 nitrogen and oxygen atoms in total. The highest BCUT2D eigenvalue weighted by molar-refractivity contribution is 7.50. The van der Waals surface area contributed by atoms with Crippen LogP contribution in [0, 0.1) is 0 Å². The van der Waals surface area contributed by atoms with E-state index in [9.17, 15) is 9.36 Å². The summed E-state index contributed by atoms with van der Waals surface area (Å²) in [7, 11) is -4.12. The van der Waals surface area contributed by atoms with E-state index in [2.05, 4.69) is 10.3 Å². The van der Waals surface area contributed by atoms with Gasteiger partial charge in [0.15, 0.2) is 5.13 Å². The summed E-state index contributed by atoms with van der Waals surface area (Å²) in [6.45, 7) is 0. The molecule has 0 saturated heterocycles. The molecule has 24 heavy (non-hydrogen) atoms. The van der Waals surface area contributed by atoms with Crippen molar-refractivity contribution in [3.05, 3.63) is 58.6 Å². The number of hydrogen-bond acceptors (Lipinski definition) is 4. The fraction of sp³-hybridized carbons (Fsp3) is 0.0667. The molecule has 124 valence electrons. The van der Waals surface area contributed by atoms with Crippen LogP contribution in [0.25, 0.3) is 10.2 Å². The Labute approximate surface area is 146 Å². The molecule has 3 rings (SSSR count). The van der Waals surface area contributed by atoms with Crippen molar-refractivity contribution in [3.63, 3.8) is 0 Å². The summed E-state index contributed by atoms with van der Waals surface area (Å²) >= 11 is 7.38. The molecule has 0 unspecified atom stereocenters. The Morgan fingerprint density at radius 2 is 1.92 bits per heavy atom. The molecule has 0 aliphatic heterocycles. The number of nitrogens with one attached hydrogen (secondary N) is 1. The average molecular weight is 383 g/mol. The highest BCUT2D eigenvalue weighted by Crippen LogP contribution is 2.39. The van der Waals surface area contributed by atoms with Crippen molar-refractivity contribution in [2.45, 2.75) is 6.16 Å². The minimum Gasteiger partial charge on any atom is -0.324 e. The first kappa shape index (κ1) is 17.1. The van der Waals surface area contributed by atoms with Crippen LogP contribution in [0.1, 0.15) is 15.9 Å². The molecule has 0 saturated carbocycles. The summed E-state index contributed by atoms with van der Waals surface area (Å²) in [6, 6.07) is 11.5. The standard InChI is InChI=1S/C15H12ClN2O4PS/c16-11-2-1-3-12-13(11)17-15(24-12)18-14(19)10-6-4-9(5-7-10)8-23(20,21)22/h1-7H,8H2,(H,17,18,19)(H2,20,21,22). The molecule has 0 bridgehead atoms. The number of fused-ring (bicyclic) bond motifs is 1. The number of anilines is 1. The summed E-state index contributed by atoms with van der Waals surface area (Å²) in [5.74, 6) is -0.354. The lowest BCUT2D eigenvalue weighted by molar-refractivity contribution is 0.102. The molecule has 1 aromatic heterocycles. The highest BCUT2D eigenvalue weighted by atomic mass is 35.5. The number of nitrogens with zero attached hydrogens (tertiary/aromatic N) is 1. The number of amides is 1. The maximum Gasteiger partial charge on any atom is 0.329 e. The van der Waals surface area contributed by atoms with Gasteiger partial charge in [0.1, 0.15) is 5.52 Å². The molecule has 0 aliphatic rings. The number of rotatable bonds is 4. The molecule has 3 aromatic rings. The van der Waals surface area contributed by atoms with Gasteiger partial charge in [0, 0.05) is 5.56 Å². The van der Waals surface area contributed by atoms with E-state index in [1.54, 1.807) is 6.07 Å². The normalized spacial score (nSPS) is 11.6. The van der Waals surface area contributed by atoms with Crippen molar-refractivity contribution < 1.29 is 19.1 Å². The zero-order valence-electron chi connectivity index (χ0n) is 12.1. The summed E-state index contributed by atoms with van der Waals surface area (Å²) < 4.78 is 11.8. The number of aromatic nitrogens is 1. The van der Waals surface area contributed by atoms with Gasteiger partial charge in [-0.2, -0.15) is 0 Å². The second kappa shape index (κ2) is 6.63. The quantitative estimate of drug-likeness (QED) is 0.595. The van der Waals surface area contributed by atoms with Crippen LogP contribution in [-0.4, -0.2) is 20.7 Å². The van der Waals surface area contributed by atoms with Crippen LogP contribution in [0.5, 0.6) is 0 Å². The molecule has 0 aliphatic carbocycles. The number of para-hydroxylation sites is 1. The minimum absolute atomic E-state index is 0.354. The summed E-state index contributed by atoms with van der Waals surface area (Å²) in [5.41, 5.74) is 1.47.